The molecule has 102 valence electrons. The first-order valence-electron chi connectivity index (χ1n) is 6.34. The highest BCUT2D eigenvalue weighted by molar-refractivity contribution is 5.95. The third-order valence-electron chi connectivity index (χ3n) is 3.08. The van der Waals surface area contributed by atoms with Crippen molar-refractivity contribution in [1.82, 2.24) is 20.6 Å². The molecule has 0 aromatic carbocycles. The van der Waals surface area contributed by atoms with Gasteiger partial charge in [-0.3, -0.25) is 9.59 Å². The summed E-state index contributed by atoms with van der Waals surface area (Å²) in [5.74, 6) is 0.0143. The Hall–Kier alpha value is -2.11. The first-order chi connectivity index (χ1) is 8.99. The van der Waals surface area contributed by atoms with Gasteiger partial charge in [-0.25, -0.2) is 4.98 Å². The van der Waals surface area contributed by atoms with Crippen LogP contribution in [0, 0.1) is 5.92 Å². The smallest absolute Gasteiger partial charge is 0.277 e. The topological polar surface area (TPSA) is 86.9 Å². The summed E-state index contributed by atoms with van der Waals surface area (Å²) < 4.78 is 0. The minimum Gasteiger partial charge on any atom is -0.348 e. The first-order valence-corrected chi connectivity index (χ1v) is 6.34. The summed E-state index contributed by atoms with van der Waals surface area (Å²) in [6.07, 6.45) is 4.05. The number of carbonyl (C=O) groups excluding carboxylic acids is 2. The standard InChI is InChI=1S/C13H18N4O2/c1-7(2)12(18)16-9-5-4-8(3)10-11(13(19)17-9)15-6-14-10/h5-8H,4H2,1-3H3,(H,14,15)(H,16,18)(H,17,19)/b9-5+. The first kappa shape index (κ1) is 13.3. The molecule has 0 radical (unpaired) electrons. The van der Waals surface area contributed by atoms with Gasteiger partial charge >= 0.3 is 0 Å². The van der Waals surface area contributed by atoms with Crippen LogP contribution in [0.4, 0.5) is 0 Å². The summed E-state index contributed by atoms with van der Waals surface area (Å²) in [5.41, 5.74) is 1.21. The van der Waals surface area contributed by atoms with Gasteiger partial charge in [0.15, 0.2) is 0 Å². The Balaban J connectivity index is 2.20. The number of hydrogen-bond donors (Lipinski definition) is 3. The zero-order valence-corrected chi connectivity index (χ0v) is 11.3. The third-order valence-corrected chi connectivity index (χ3v) is 3.08. The van der Waals surface area contributed by atoms with Crippen LogP contribution in [-0.2, 0) is 4.79 Å². The highest BCUT2D eigenvalue weighted by Crippen LogP contribution is 2.22. The van der Waals surface area contributed by atoms with E-state index in [0.717, 1.165) is 5.69 Å². The molecule has 1 aliphatic heterocycles. The zero-order valence-electron chi connectivity index (χ0n) is 11.3. The van der Waals surface area contributed by atoms with E-state index in [9.17, 15) is 9.59 Å². The molecule has 0 fully saturated rings. The van der Waals surface area contributed by atoms with E-state index in [2.05, 4.69) is 20.6 Å². The number of hydrogen-bond acceptors (Lipinski definition) is 3. The number of carbonyl (C=O) groups is 2. The maximum atomic E-state index is 12.0. The van der Waals surface area contributed by atoms with Crippen LogP contribution < -0.4 is 10.6 Å². The lowest BCUT2D eigenvalue weighted by Gasteiger charge is -2.18. The Morgan fingerprint density at radius 1 is 1.53 bits per heavy atom. The number of nitrogens with one attached hydrogen (secondary N) is 3. The molecule has 3 N–H and O–H groups in total. The molecule has 2 heterocycles. The van der Waals surface area contributed by atoms with E-state index < -0.39 is 0 Å². The van der Waals surface area contributed by atoms with Gasteiger partial charge < -0.3 is 15.6 Å². The Kier molecular flexibility index (Phi) is 3.69. The van der Waals surface area contributed by atoms with Crippen LogP contribution in [0.15, 0.2) is 18.2 Å². The predicted octanol–water partition coefficient (Wildman–Crippen LogP) is 1.26. The molecule has 6 nitrogen and oxygen atoms in total. The molecule has 2 rings (SSSR count). The summed E-state index contributed by atoms with van der Waals surface area (Å²) >= 11 is 0. The van der Waals surface area contributed by atoms with E-state index in [4.69, 9.17) is 0 Å². The Labute approximate surface area is 111 Å². The second-order valence-electron chi connectivity index (χ2n) is 5.02. The van der Waals surface area contributed by atoms with E-state index >= 15 is 0 Å². The molecule has 6 heteroatoms. The number of allylic oxidation sites excluding steroid dienone is 1. The molecule has 1 aliphatic rings. The summed E-state index contributed by atoms with van der Waals surface area (Å²) in [6, 6.07) is 0. The van der Waals surface area contributed by atoms with E-state index in [1.807, 2.05) is 13.0 Å². The van der Waals surface area contributed by atoms with Gasteiger partial charge in [0, 0.05) is 11.8 Å². The van der Waals surface area contributed by atoms with Crippen molar-refractivity contribution in [1.29, 1.82) is 0 Å². The van der Waals surface area contributed by atoms with Crippen LogP contribution in [0.2, 0.25) is 0 Å². The fourth-order valence-corrected chi connectivity index (χ4v) is 1.87. The quantitative estimate of drug-likeness (QED) is 0.750. The van der Waals surface area contributed by atoms with Gasteiger partial charge in [0.05, 0.1) is 12.0 Å². The van der Waals surface area contributed by atoms with Crippen molar-refractivity contribution in [3.8, 4) is 0 Å². The van der Waals surface area contributed by atoms with Crippen molar-refractivity contribution in [2.45, 2.75) is 33.1 Å². The fourth-order valence-electron chi connectivity index (χ4n) is 1.87. The molecule has 1 aromatic heterocycles. The Morgan fingerprint density at radius 2 is 2.26 bits per heavy atom. The molecule has 0 bridgehead atoms. The number of aromatic amines is 1. The van der Waals surface area contributed by atoms with Crippen molar-refractivity contribution < 1.29 is 9.59 Å². The second-order valence-corrected chi connectivity index (χ2v) is 5.02. The molecule has 19 heavy (non-hydrogen) atoms. The highest BCUT2D eigenvalue weighted by atomic mass is 16.2. The van der Waals surface area contributed by atoms with Gasteiger partial charge in [-0.1, -0.05) is 20.8 Å². The lowest BCUT2D eigenvalue weighted by molar-refractivity contribution is -0.123. The molecule has 1 unspecified atom stereocenters. The normalized spacial score (nSPS) is 21.8. The van der Waals surface area contributed by atoms with Crippen LogP contribution in [0.1, 0.15) is 49.3 Å². The van der Waals surface area contributed by atoms with Gasteiger partial charge in [0.2, 0.25) is 5.91 Å². The van der Waals surface area contributed by atoms with Gasteiger partial charge in [-0.05, 0) is 12.5 Å². The summed E-state index contributed by atoms with van der Waals surface area (Å²) in [5, 5.41) is 5.39. The monoisotopic (exact) mass is 262 g/mol. The van der Waals surface area contributed by atoms with E-state index in [1.54, 1.807) is 13.8 Å². The molecule has 1 aromatic rings. The van der Waals surface area contributed by atoms with Crippen LogP contribution in [0.5, 0.6) is 0 Å². The lowest BCUT2D eigenvalue weighted by atomic mass is 10.0. The summed E-state index contributed by atoms with van der Waals surface area (Å²) in [4.78, 5) is 30.7. The van der Waals surface area contributed by atoms with Crippen LogP contribution >= 0.6 is 0 Å². The van der Waals surface area contributed by atoms with Crippen LogP contribution in [0.25, 0.3) is 0 Å². The van der Waals surface area contributed by atoms with Gasteiger partial charge in [0.1, 0.15) is 11.5 Å². The molecule has 0 saturated carbocycles. The van der Waals surface area contributed by atoms with Crippen molar-refractivity contribution in [3.05, 3.63) is 29.6 Å². The lowest BCUT2D eigenvalue weighted by Crippen LogP contribution is -2.38. The third kappa shape index (κ3) is 2.83. The number of imidazole rings is 1. The minimum atomic E-state index is -0.307. The molecule has 0 saturated heterocycles. The van der Waals surface area contributed by atoms with Crippen molar-refractivity contribution in [2.24, 2.45) is 5.92 Å². The zero-order chi connectivity index (χ0) is 14.0. The number of aromatic nitrogens is 2. The Morgan fingerprint density at radius 3 is 2.95 bits per heavy atom. The maximum absolute atomic E-state index is 12.0. The average molecular weight is 262 g/mol. The average Bonchev–Trinajstić information content (AvgIpc) is 2.82. The van der Waals surface area contributed by atoms with Crippen molar-refractivity contribution >= 4 is 11.8 Å². The largest absolute Gasteiger partial charge is 0.348 e. The minimum absolute atomic E-state index is 0.123. The highest BCUT2D eigenvalue weighted by Gasteiger charge is 2.22. The molecule has 0 aliphatic carbocycles. The Bertz CT molecular complexity index is 531. The number of rotatable bonds is 2. The number of nitrogens with zero attached hydrogens (tertiary/aromatic N) is 1. The SMILES string of the molecule is CC(C)C(=O)N/C1=C\CC(C)c2[nH]cnc2C(=O)N1. The molecular formula is C13H18N4O2. The summed E-state index contributed by atoms with van der Waals surface area (Å²) in [6.45, 7) is 5.61. The van der Waals surface area contributed by atoms with Gasteiger partial charge in [0.25, 0.3) is 5.91 Å². The fraction of sp³-hybridized carbons (Fsp3) is 0.462. The van der Waals surface area contributed by atoms with E-state index in [1.165, 1.54) is 6.33 Å². The van der Waals surface area contributed by atoms with Crippen LogP contribution in [-0.4, -0.2) is 21.8 Å². The number of amides is 2. The maximum Gasteiger partial charge on any atom is 0.277 e. The molecule has 1 atom stereocenters. The molecule has 2 amide bonds. The summed E-state index contributed by atoms with van der Waals surface area (Å²) in [7, 11) is 0. The van der Waals surface area contributed by atoms with Crippen LogP contribution in [0.3, 0.4) is 0 Å². The predicted molar refractivity (Wildman–Crippen MR) is 70.1 cm³/mol. The molecular weight excluding hydrogens is 244 g/mol. The van der Waals surface area contributed by atoms with E-state index in [0.29, 0.717) is 17.9 Å². The number of fused-ring (bicyclic) bond motifs is 1. The van der Waals surface area contributed by atoms with Crippen molar-refractivity contribution in [3.63, 3.8) is 0 Å². The second kappa shape index (κ2) is 5.26. The van der Waals surface area contributed by atoms with Gasteiger partial charge in [-0.15, -0.1) is 0 Å². The van der Waals surface area contributed by atoms with Crippen molar-refractivity contribution in [2.75, 3.05) is 0 Å². The molecule has 0 spiro atoms. The van der Waals surface area contributed by atoms with Gasteiger partial charge in [-0.2, -0.15) is 0 Å². The number of H-pyrrole nitrogens is 1. The van der Waals surface area contributed by atoms with E-state index in [-0.39, 0.29) is 23.7 Å².